The maximum atomic E-state index is 11.9. The number of hydrogen-bond donors (Lipinski definition) is 1. The lowest BCUT2D eigenvalue weighted by molar-refractivity contribution is 0.0949. The molecule has 0 saturated carbocycles. The van der Waals surface area contributed by atoms with Crippen LogP contribution >= 0.6 is 0 Å². The monoisotopic (exact) mass is 284 g/mol. The molecule has 110 valence electrons. The molecule has 0 spiro atoms. The Balaban J connectivity index is 1.98. The van der Waals surface area contributed by atoms with E-state index in [-0.39, 0.29) is 5.91 Å². The van der Waals surface area contributed by atoms with E-state index in [0.29, 0.717) is 12.2 Å². The van der Waals surface area contributed by atoms with Crippen molar-refractivity contribution in [3.8, 4) is 5.75 Å². The molecule has 0 unspecified atom stereocenters. The van der Waals surface area contributed by atoms with Gasteiger partial charge in [0.25, 0.3) is 5.91 Å². The molecule has 2 rings (SSSR count). The van der Waals surface area contributed by atoms with Crippen LogP contribution in [0.2, 0.25) is 0 Å². The number of aryl methyl sites for hydroxylation is 2. The van der Waals surface area contributed by atoms with Crippen LogP contribution in [0.25, 0.3) is 0 Å². The van der Waals surface area contributed by atoms with E-state index in [1.54, 1.807) is 31.5 Å². The third kappa shape index (κ3) is 3.81. The largest absolute Gasteiger partial charge is 0.496 e. The van der Waals surface area contributed by atoms with Crippen LogP contribution in [0.5, 0.6) is 5.75 Å². The molecule has 0 aliphatic heterocycles. The molecule has 21 heavy (non-hydrogen) atoms. The number of ether oxygens (including phenoxy) is 1. The Bertz CT molecular complexity index is 624. The predicted molar refractivity (Wildman–Crippen MR) is 82.7 cm³/mol. The van der Waals surface area contributed by atoms with Crippen molar-refractivity contribution in [1.82, 2.24) is 10.3 Å². The Morgan fingerprint density at radius 2 is 2.00 bits per heavy atom. The quantitative estimate of drug-likeness (QED) is 0.918. The highest BCUT2D eigenvalue weighted by molar-refractivity contribution is 5.92. The zero-order valence-electron chi connectivity index (χ0n) is 12.6. The molecule has 0 atom stereocenters. The summed E-state index contributed by atoms with van der Waals surface area (Å²) >= 11 is 0. The second kappa shape index (κ2) is 6.88. The van der Waals surface area contributed by atoms with Gasteiger partial charge in [-0.1, -0.05) is 12.1 Å². The number of rotatable bonds is 5. The van der Waals surface area contributed by atoms with E-state index in [1.165, 1.54) is 11.1 Å². The molecule has 0 saturated heterocycles. The van der Waals surface area contributed by atoms with Gasteiger partial charge in [-0.25, -0.2) is 0 Å². The minimum Gasteiger partial charge on any atom is -0.496 e. The molecule has 1 heterocycles. The van der Waals surface area contributed by atoms with Crippen LogP contribution in [0.15, 0.2) is 36.5 Å². The highest BCUT2D eigenvalue weighted by Gasteiger charge is 2.08. The summed E-state index contributed by atoms with van der Waals surface area (Å²) in [5.41, 5.74) is 3.96. The van der Waals surface area contributed by atoms with E-state index in [2.05, 4.69) is 30.2 Å². The summed E-state index contributed by atoms with van der Waals surface area (Å²) in [6.07, 6.45) is 2.34. The number of carbonyl (C=O) groups excluding carboxylic acids is 1. The molecule has 0 fully saturated rings. The first-order chi connectivity index (χ1) is 10.1. The lowest BCUT2D eigenvalue weighted by Crippen LogP contribution is -2.26. The van der Waals surface area contributed by atoms with Gasteiger partial charge in [0.2, 0.25) is 0 Å². The summed E-state index contributed by atoms with van der Waals surface area (Å²) in [5, 5.41) is 2.88. The average molecular weight is 284 g/mol. The first kappa shape index (κ1) is 15.0. The van der Waals surface area contributed by atoms with Crippen molar-refractivity contribution in [1.29, 1.82) is 0 Å². The summed E-state index contributed by atoms with van der Waals surface area (Å²) < 4.78 is 5.40. The number of hydrogen-bond acceptors (Lipinski definition) is 3. The van der Waals surface area contributed by atoms with E-state index in [9.17, 15) is 4.79 Å². The Labute approximate surface area is 125 Å². The van der Waals surface area contributed by atoms with Gasteiger partial charge in [-0.3, -0.25) is 9.78 Å². The summed E-state index contributed by atoms with van der Waals surface area (Å²) in [6, 6.07) is 9.43. The van der Waals surface area contributed by atoms with Crippen LogP contribution in [-0.2, 0) is 6.42 Å². The van der Waals surface area contributed by atoms with Crippen LogP contribution in [-0.4, -0.2) is 24.5 Å². The lowest BCUT2D eigenvalue weighted by atomic mass is 10.0. The van der Waals surface area contributed by atoms with Crippen LogP contribution in [0.1, 0.15) is 27.2 Å². The van der Waals surface area contributed by atoms with Gasteiger partial charge in [-0.2, -0.15) is 0 Å². The van der Waals surface area contributed by atoms with Crippen molar-refractivity contribution in [2.45, 2.75) is 20.3 Å². The van der Waals surface area contributed by atoms with Crippen molar-refractivity contribution in [2.24, 2.45) is 0 Å². The maximum Gasteiger partial charge on any atom is 0.269 e. The minimum absolute atomic E-state index is 0.154. The number of carbonyl (C=O) groups is 1. The van der Waals surface area contributed by atoms with Crippen LogP contribution in [0.4, 0.5) is 0 Å². The number of methoxy groups -OCH3 is 1. The van der Waals surface area contributed by atoms with Crippen LogP contribution < -0.4 is 10.1 Å². The number of benzene rings is 1. The van der Waals surface area contributed by atoms with Gasteiger partial charge in [0.15, 0.2) is 0 Å². The summed E-state index contributed by atoms with van der Waals surface area (Å²) in [4.78, 5) is 15.9. The second-order valence-corrected chi connectivity index (χ2v) is 4.97. The standard InChI is InChI=1S/C17H20N2O2/c1-12-10-14(16(21-3)11-13(12)2)7-9-19-17(20)15-6-4-5-8-18-15/h4-6,8,10-11H,7,9H2,1-3H3,(H,19,20). The molecule has 1 aromatic carbocycles. The maximum absolute atomic E-state index is 11.9. The van der Waals surface area contributed by atoms with Gasteiger partial charge in [-0.15, -0.1) is 0 Å². The van der Waals surface area contributed by atoms with Crippen LogP contribution in [0.3, 0.4) is 0 Å². The molecule has 0 bridgehead atoms. The van der Waals surface area contributed by atoms with Gasteiger partial charge in [0, 0.05) is 12.7 Å². The predicted octanol–water partition coefficient (Wildman–Crippen LogP) is 2.68. The number of nitrogens with one attached hydrogen (secondary N) is 1. The van der Waals surface area contributed by atoms with Crippen molar-refractivity contribution in [2.75, 3.05) is 13.7 Å². The van der Waals surface area contributed by atoms with Gasteiger partial charge in [0.1, 0.15) is 11.4 Å². The van der Waals surface area contributed by atoms with Crippen molar-refractivity contribution in [3.63, 3.8) is 0 Å². The van der Waals surface area contributed by atoms with Crippen molar-refractivity contribution in [3.05, 3.63) is 58.9 Å². The second-order valence-electron chi connectivity index (χ2n) is 4.97. The fourth-order valence-corrected chi connectivity index (χ4v) is 2.13. The Kier molecular flexibility index (Phi) is 4.93. The van der Waals surface area contributed by atoms with Crippen molar-refractivity contribution >= 4 is 5.91 Å². The van der Waals surface area contributed by atoms with E-state index in [0.717, 1.165) is 17.7 Å². The fourth-order valence-electron chi connectivity index (χ4n) is 2.13. The molecular formula is C17H20N2O2. The van der Waals surface area contributed by atoms with Gasteiger partial charge >= 0.3 is 0 Å². The van der Waals surface area contributed by atoms with E-state index < -0.39 is 0 Å². The van der Waals surface area contributed by atoms with Gasteiger partial charge in [0.05, 0.1) is 7.11 Å². The first-order valence-corrected chi connectivity index (χ1v) is 6.95. The normalized spacial score (nSPS) is 10.2. The molecule has 1 N–H and O–H groups in total. The van der Waals surface area contributed by atoms with E-state index in [1.807, 2.05) is 6.07 Å². The topological polar surface area (TPSA) is 51.2 Å². The van der Waals surface area contributed by atoms with E-state index in [4.69, 9.17) is 4.74 Å². The molecule has 2 aromatic rings. The first-order valence-electron chi connectivity index (χ1n) is 6.95. The Hall–Kier alpha value is -2.36. The molecule has 0 aliphatic rings. The molecule has 4 nitrogen and oxygen atoms in total. The Morgan fingerprint density at radius 3 is 2.67 bits per heavy atom. The highest BCUT2D eigenvalue weighted by Crippen LogP contribution is 2.23. The number of aromatic nitrogens is 1. The smallest absolute Gasteiger partial charge is 0.269 e. The molecule has 1 amide bonds. The fraction of sp³-hybridized carbons (Fsp3) is 0.294. The van der Waals surface area contributed by atoms with Gasteiger partial charge in [-0.05, 0) is 55.2 Å². The number of amides is 1. The third-order valence-corrected chi connectivity index (χ3v) is 3.47. The number of pyridine rings is 1. The lowest BCUT2D eigenvalue weighted by Gasteiger charge is -2.12. The molecule has 4 heteroatoms. The highest BCUT2D eigenvalue weighted by atomic mass is 16.5. The summed E-state index contributed by atoms with van der Waals surface area (Å²) in [6.45, 7) is 4.68. The third-order valence-electron chi connectivity index (χ3n) is 3.47. The molecule has 1 aromatic heterocycles. The zero-order valence-corrected chi connectivity index (χ0v) is 12.6. The average Bonchev–Trinajstić information content (AvgIpc) is 2.51. The van der Waals surface area contributed by atoms with Crippen LogP contribution in [0, 0.1) is 13.8 Å². The van der Waals surface area contributed by atoms with Crippen molar-refractivity contribution < 1.29 is 9.53 Å². The summed E-state index contributed by atoms with van der Waals surface area (Å²) in [5.74, 6) is 0.712. The SMILES string of the molecule is COc1cc(C)c(C)cc1CCNC(=O)c1ccccn1. The molecule has 0 radical (unpaired) electrons. The molecule has 0 aliphatic carbocycles. The number of nitrogens with zero attached hydrogens (tertiary/aromatic N) is 1. The summed E-state index contributed by atoms with van der Waals surface area (Å²) in [7, 11) is 1.67. The minimum atomic E-state index is -0.154. The van der Waals surface area contributed by atoms with E-state index >= 15 is 0 Å². The molecular weight excluding hydrogens is 264 g/mol. The van der Waals surface area contributed by atoms with Gasteiger partial charge < -0.3 is 10.1 Å². The zero-order chi connectivity index (χ0) is 15.2. The Morgan fingerprint density at radius 1 is 1.24 bits per heavy atom.